The lowest BCUT2D eigenvalue weighted by atomic mass is 10.00. The molecule has 6 nitrogen and oxygen atoms in total. The molecule has 2 heterocycles. The third kappa shape index (κ3) is 3.45. The Kier molecular flexibility index (Phi) is 4.92. The first-order valence-corrected chi connectivity index (χ1v) is 10.1. The molecule has 2 aliphatic rings. The first-order chi connectivity index (χ1) is 15.2. The minimum atomic E-state index is -0.326. The number of hydrogen-bond donors (Lipinski definition) is 1. The molecule has 0 spiro atoms. The fourth-order valence-corrected chi connectivity index (χ4v) is 4.05. The standard InChI is InChI=1S/C25H24N2O4/c1-28-18-9-7-16(8-10-18)22-15-23-21-14-20(30-3)11-12-24(21)31-25(27(23)26-22)17-5-4-6-19(13-17)29-2/h4-15,23,25-26H,1-3H3. The van der Waals surface area contributed by atoms with Gasteiger partial charge in [-0.1, -0.05) is 12.1 Å². The smallest absolute Gasteiger partial charge is 0.196 e. The number of benzene rings is 3. The lowest BCUT2D eigenvalue weighted by Crippen LogP contribution is -2.43. The molecule has 158 valence electrons. The highest BCUT2D eigenvalue weighted by Crippen LogP contribution is 2.47. The topological polar surface area (TPSA) is 52.2 Å². The Balaban J connectivity index is 1.57. The van der Waals surface area contributed by atoms with Gasteiger partial charge >= 0.3 is 0 Å². The minimum Gasteiger partial charge on any atom is -0.497 e. The largest absolute Gasteiger partial charge is 0.497 e. The average Bonchev–Trinajstić information content (AvgIpc) is 3.29. The fourth-order valence-electron chi connectivity index (χ4n) is 4.05. The van der Waals surface area contributed by atoms with Crippen molar-refractivity contribution < 1.29 is 18.9 Å². The van der Waals surface area contributed by atoms with Crippen LogP contribution >= 0.6 is 0 Å². The second kappa shape index (κ2) is 7.89. The van der Waals surface area contributed by atoms with Crippen LogP contribution in [-0.4, -0.2) is 26.3 Å². The van der Waals surface area contributed by atoms with Crippen molar-refractivity contribution in [2.75, 3.05) is 21.3 Å². The van der Waals surface area contributed by atoms with Crippen molar-refractivity contribution in [3.8, 4) is 23.0 Å². The molecule has 3 aromatic rings. The van der Waals surface area contributed by atoms with Crippen LogP contribution in [0.15, 0.2) is 72.8 Å². The quantitative estimate of drug-likeness (QED) is 0.650. The van der Waals surface area contributed by atoms with Gasteiger partial charge in [-0.2, -0.15) is 5.01 Å². The Bertz CT molecular complexity index is 1130. The summed E-state index contributed by atoms with van der Waals surface area (Å²) in [7, 11) is 5.01. The zero-order valence-electron chi connectivity index (χ0n) is 17.7. The summed E-state index contributed by atoms with van der Waals surface area (Å²) in [6.45, 7) is 0. The van der Waals surface area contributed by atoms with Gasteiger partial charge in [0.2, 0.25) is 0 Å². The van der Waals surface area contributed by atoms with E-state index in [-0.39, 0.29) is 12.3 Å². The molecule has 0 radical (unpaired) electrons. The first-order valence-electron chi connectivity index (χ1n) is 10.1. The molecule has 0 aromatic heterocycles. The van der Waals surface area contributed by atoms with Gasteiger partial charge in [-0.25, -0.2) is 0 Å². The SMILES string of the molecule is COc1ccc(C2=CC3c4cc(OC)ccc4OC(c4cccc(OC)c4)N3N2)cc1. The van der Waals surface area contributed by atoms with Crippen LogP contribution in [0.5, 0.6) is 23.0 Å². The molecule has 0 saturated heterocycles. The van der Waals surface area contributed by atoms with Crippen molar-refractivity contribution in [1.29, 1.82) is 0 Å². The number of ether oxygens (including phenoxy) is 4. The van der Waals surface area contributed by atoms with Crippen molar-refractivity contribution in [3.63, 3.8) is 0 Å². The zero-order valence-corrected chi connectivity index (χ0v) is 17.7. The number of hydrogen-bond acceptors (Lipinski definition) is 6. The molecule has 31 heavy (non-hydrogen) atoms. The number of methoxy groups -OCH3 is 3. The Labute approximate surface area is 181 Å². The highest BCUT2D eigenvalue weighted by atomic mass is 16.5. The minimum absolute atomic E-state index is 0.0212. The lowest BCUT2D eigenvalue weighted by molar-refractivity contribution is -0.0328. The average molecular weight is 416 g/mol. The molecule has 0 amide bonds. The molecular formula is C25H24N2O4. The summed E-state index contributed by atoms with van der Waals surface area (Å²) in [4.78, 5) is 0. The van der Waals surface area contributed by atoms with E-state index in [0.29, 0.717) is 0 Å². The third-order valence-electron chi connectivity index (χ3n) is 5.68. The van der Waals surface area contributed by atoms with E-state index in [1.54, 1.807) is 21.3 Å². The highest BCUT2D eigenvalue weighted by Gasteiger charge is 2.40. The number of nitrogens with one attached hydrogen (secondary N) is 1. The van der Waals surface area contributed by atoms with Crippen LogP contribution in [0.2, 0.25) is 0 Å². The van der Waals surface area contributed by atoms with Crippen LogP contribution < -0.4 is 24.4 Å². The normalized spacial score (nSPS) is 19.4. The second-order valence-corrected chi connectivity index (χ2v) is 7.42. The van der Waals surface area contributed by atoms with E-state index in [2.05, 4.69) is 16.5 Å². The van der Waals surface area contributed by atoms with Crippen molar-refractivity contribution in [2.24, 2.45) is 0 Å². The molecule has 0 aliphatic carbocycles. The maximum atomic E-state index is 6.45. The van der Waals surface area contributed by atoms with Crippen LogP contribution in [-0.2, 0) is 0 Å². The number of rotatable bonds is 5. The molecule has 5 rings (SSSR count). The van der Waals surface area contributed by atoms with Gasteiger partial charge in [0.25, 0.3) is 0 Å². The summed E-state index contributed by atoms with van der Waals surface area (Å²) < 4.78 is 22.6. The van der Waals surface area contributed by atoms with Crippen LogP contribution in [0.3, 0.4) is 0 Å². The molecular weight excluding hydrogens is 392 g/mol. The molecule has 2 atom stereocenters. The van der Waals surface area contributed by atoms with E-state index in [0.717, 1.165) is 45.4 Å². The van der Waals surface area contributed by atoms with Crippen molar-refractivity contribution in [3.05, 3.63) is 89.5 Å². The molecule has 1 N–H and O–H groups in total. The maximum Gasteiger partial charge on any atom is 0.196 e. The van der Waals surface area contributed by atoms with Gasteiger partial charge in [-0.15, -0.1) is 0 Å². The van der Waals surface area contributed by atoms with E-state index in [9.17, 15) is 0 Å². The summed E-state index contributed by atoms with van der Waals surface area (Å²) >= 11 is 0. The molecule has 0 bridgehead atoms. The first kappa shape index (κ1) is 19.3. The van der Waals surface area contributed by atoms with Gasteiger partial charge in [0.1, 0.15) is 23.0 Å². The lowest BCUT2D eigenvalue weighted by Gasteiger charge is -2.39. The van der Waals surface area contributed by atoms with Crippen LogP contribution in [0.25, 0.3) is 5.70 Å². The van der Waals surface area contributed by atoms with Crippen molar-refractivity contribution in [2.45, 2.75) is 12.3 Å². The Hall–Kier alpha value is -3.64. The molecule has 6 heteroatoms. The molecule has 2 unspecified atom stereocenters. The highest BCUT2D eigenvalue weighted by molar-refractivity contribution is 5.68. The van der Waals surface area contributed by atoms with Gasteiger partial charge in [-0.3, -0.25) is 0 Å². The number of hydrazine groups is 1. The van der Waals surface area contributed by atoms with E-state index in [1.807, 2.05) is 66.7 Å². The molecule has 3 aromatic carbocycles. The maximum absolute atomic E-state index is 6.45. The van der Waals surface area contributed by atoms with Crippen molar-refractivity contribution >= 4 is 5.70 Å². The zero-order chi connectivity index (χ0) is 21.4. The second-order valence-electron chi connectivity index (χ2n) is 7.42. The van der Waals surface area contributed by atoms with Crippen LogP contribution in [0.4, 0.5) is 0 Å². The third-order valence-corrected chi connectivity index (χ3v) is 5.68. The van der Waals surface area contributed by atoms with Crippen LogP contribution in [0, 0.1) is 0 Å². The summed E-state index contributed by atoms with van der Waals surface area (Å²) in [5.74, 6) is 3.26. The van der Waals surface area contributed by atoms with E-state index in [1.165, 1.54) is 0 Å². The van der Waals surface area contributed by atoms with Crippen molar-refractivity contribution in [1.82, 2.24) is 10.4 Å². The summed E-state index contributed by atoms with van der Waals surface area (Å²) in [6.07, 6.45) is 1.89. The summed E-state index contributed by atoms with van der Waals surface area (Å²) in [6, 6.07) is 21.9. The number of fused-ring (bicyclic) bond motifs is 3. The Morgan fingerprint density at radius 3 is 2.26 bits per heavy atom. The molecule has 0 saturated carbocycles. The Morgan fingerprint density at radius 1 is 0.806 bits per heavy atom. The van der Waals surface area contributed by atoms with E-state index < -0.39 is 0 Å². The summed E-state index contributed by atoms with van der Waals surface area (Å²) in [5, 5.41) is 2.12. The van der Waals surface area contributed by atoms with Gasteiger partial charge in [0.05, 0.1) is 33.1 Å². The number of nitrogens with zero attached hydrogens (tertiary/aromatic N) is 1. The van der Waals surface area contributed by atoms with Gasteiger partial charge in [0, 0.05) is 11.1 Å². The van der Waals surface area contributed by atoms with Gasteiger partial charge < -0.3 is 24.4 Å². The summed E-state index contributed by atoms with van der Waals surface area (Å²) in [5.41, 5.74) is 7.70. The fraction of sp³-hybridized carbons (Fsp3) is 0.200. The predicted molar refractivity (Wildman–Crippen MR) is 118 cm³/mol. The predicted octanol–water partition coefficient (Wildman–Crippen LogP) is 4.71. The molecule has 2 aliphatic heterocycles. The van der Waals surface area contributed by atoms with E-state index >= 15 is 0 Å². The van der Waals surface area contributed by atoms with Gasteiger partial charge in [-0.05, 0) is 66.2 Å². The van der Waals surface area contributed by atoms with Gasteiger partial charge in [0.15, 0.2) is 6.23 Å². The Morgan fingerprint density at radius 2 is 1.52 bits per heavy atom. The monoisotopic (exact) mass is 416 g/mol. The van der Waals surface area contributed by atoms with E-state index in [4.69, 9.17) is 18.9 Å². The molecule has 0 fully saturated rings. The van der Waals surface area contributed by atoms with Crippen LogP contribution in [0.1, 0.15) is 29.0 Å².